The average molecular weight is 529 g/mol. The molecule has 2 atom stereocenters. The molecule has 2 aromatic rings. The second-order valence-corrected chi connectivity index (χ2v) is 10.8. The molecule has 0 aromatic heterocycles. The van der Waals surface area contributed by atoms with E-state index in [-0.39, 0.29) is 23.5 Å². The summed E-state index contributed by atoms with van der Waals surface area (Å²) < 4.78 is 6.43. The smallest absolute Gasteiger partial charge is 0.322 e. The van der Waals surface area contributed by atoms with Crippen LogP contribution in [0.3, 0.4) is 0 Å². The van der Waals surface area contributed by atoms with E-state index in [2.05, 4.69) is 64.5 Å². The van der Waals surface area contributed by atoms with E-state index in [4.69, 9.17) is 4.74 Å². The Morgan fingerprint density at radius 3 is 2.50 bits per heavy atom. The number of anilines is 2. The van der Waals surface area contributed by atoms with E-state index in [1.165, 1.54) is 11.1 Å². The summed E-state index contributed by atoms with van der Waals surface area (Å²) in [7, 11) is 3.76. The van der Waals surface area contributed by atoms with Crippen molar-refractivity contribution in [2.45, 2.75) is 44.2 Å². The molecule has 2 heterocycles. The Balaban J connectivity index is 1.51. The molecule has 2 aromatic carbocycles. The molecule has 1 saturated heterocycles. The van der Waals surface area contributed by atoms with Crippen LogP contribution >= 0.6 is 15.9 Å². The molecule has 2 aliphatic rings. The van der Waals surface area contributed by atoms with Crippen molar-refractivity contribution >= 4 is 39.2 Å². The molecule has 182 valence electrons. The third kappa shape index (κ3) is 5.45. The van der Waals surface area contributed by atoms with Crippen LogP contribution < -0.4 is 10.6 Å². The lowest BCUT2D eigenvalue weighted by Gasteiger charge is -2.29. The summed E-state index contributed by atoms with van der Waals surface area (Å²) in [5.74, 6) is -0.200. The molecule has 2 aliphatic heterocycles. The number of fused-ring (bicyclic) bond motifs is 1. The van der Waals surface area contributed by atoms with Gasteiger partial charge in [0.15, 0.2) is 0 Å². The number of urea groups is 1. The standard InChI is InChI=1S/C26H33BrN4O3/c1-26(2)16-30(3)12-11-17-5-8-20(13-22(17)26)28-24(32)23-14-21(34-4)15-31(23)25(33)29-19-9-6-18(27)7-10-19/h5-10,13,21,23H,11-12,14-16H2,1-4H3,(H,28,32)(H,29,33)/t21?,23-/m1/s1. The van der Waals surface area contributed by atoms with E-state index in [1.54, 1.807) is 12.0 Å². The number of likely N-dealkylation sites (N-methyl/N-ethyl adjacent to an activating group) is 1. The van der Waals surface area contributed by atoms with Crippen LogP contribution in [0.1, 0.15) is 31.4 Å². The van der Waals surface area contributed by atoms with Crippen LogP contribution in [0.15, 0.2) is 46.9 Å². The highest BCUT2D eigenvalue weighted by Crippen LogP contribution is 2.33. The summed E-state index contributed by atoms with van der Waals surface area (Å²) in [6.07, 6.45) is 1.26. The molecule has 7 nitrogen and oxygen atoms in total. The zero-order valence-corrected chi connectivity index (χ0v) is 21.8. The van der Waals surface area contributed by atoms with Gasteiger partial charge >= 0.3 is 6.03 Å². The fraction of sp³-hybridized carbons (Fsp3) is 0.462. The number of amides is 3. The highest BCUT2D eigenvalue weighted by Gasteiger charge is 2.40. The molecule has 1 unspecified atom stereocenters. The Kier molecular flexibility index (Phi) is 7.31. The first-order valence-electron chi connectivity index (χ1n) is 11.6. The molecule has 0 radical (unpaired) electrons. The van der Waals surface area contributed by atoms with Crippen LogP contribution in [0.2, 0.25) is 0 Å². The predicted octanol–water partition coefficient (Wildman–Crippen LogP) is 4.47. The van der Waals surface area contributed by atoms with Crippen molar-refractivity contribution < 1.29 is 14.3 Å². The van der Waals surface area contributed by atoms with Gasteiger partial charge in [0.25, 0.3) is 0 Å². The maximum absolute atomic E-state index is 13.3. The van der Waals surface area contributed by atoms with Crippen molar-refractivity contribution in [3.8, 4) is 0 Å². The van der Waals surface area contributed by atoms with Crippen LogP contribution in [0, 0.1) is 0 Å². The van der Waals surface area contributed by atoms with E-state index in [1.807, 2.05) is 30.3 Å². The second kappa shape index (κ2) is 10.1. The maximum atomic E-state index is 13.3. The van der Waals surface area contributed by atoms with Gasteiger partial charge in [-0.05, 0) is 61.0 Å². The van der Waals surface area contributed by atoms with Crippen molar-refractivity contribution in [3.63, 3.8) is 0 Å². The number of hydrogen-bond donors (Lipinski definition) is 2. The Morgan fingerprint density at radius 1 is 1.09 bits per heavy atom. The maximum Gasteiger partial charge on any atom is 0.322 e. The van der Waals surface area contributed by atoms with Gasteiger partial charge in [-0.1, -0.05) is 35.8 Å². The number of likely N-dealkylation sites (tertiary alicyclic amines) is 1. The monoisotopic (exact) mass is 528 g/mol. The van der Waals surface area contributed by atoms with Gasteiger partial charge in [0.1, 0.15) is 6.04 Å². The minimum atomic E-state index is -0.613. The summed E-state index contributed by atoms with van der Waals surface area (Å²) in [6, 6.07) is 12.6. The molecular formula is C26H33BrN4O3. The second-order valence-electron chi connectivity index (χ2n) is 9.93. The van der Waals surface area contributed by atoms with Gasteiger partial charge in [0.05, 0.1) is 6.10 Å². The predicted molar refractivity (Wildman–Crippen MR) is 138 cm³/mol. The number of methoxy groups -OCH3 is 1. The van der Waals surface area contributed by atoms with E-state index in [0.717, 1.165) is 29.7 Å². The number of rotatable bonds is 4. The summed E-state index contributed by atoms with van der Waals surface area (Å²) in [5, 5.41) is 5.96. The zero-order valence-electron chi connectivity index (χ0n) is 20.2. The lowest BCUT2D eigenvalue weighted by Crippen LogP contribution is -2.45. The topological polar surface area (TPSA) is 73.9 Å². The van der Waals surface area contributed by atoms with Crippen molar-refractivity contribution in [2.75, 3.05) is 44.4 Å². The third-order valence-corrected chi connectivity index (χ3v) is 7.32. The van der Waals surface area contributed by atoms with E-state index >= 15 is 0 Å². The largest absolute Gasteiger partial charge is 0.380 e. The number of halogens is 1. The van der Waals surface area contributed by atoms with Gasteiger partial charge in [0.2, 0.25) is 5.91 Å². The first kappa shape index (κ1) is 24.7. The fourth-order valence-electron chi connectivity index (χ4n) is 5.05. The summed E-state index contributed by atoms with van der Waals surface area (Å²) in [5.41, 5.74) is 4.00. The van der Waals surface area contributed by atoms with Gasteiger partial charge in [0, 0.05) is 54.4 Å². The van der Waals surface area contributed by atoms with E-state index < -0.39 is 6.04 Å². The molecule has 0 spiro atoms. The normalized spacial score (nSPS) is 22.1. The Bertz CT molecular complexity index is 1060. The van der Waals surface area contributed by atoms with Gasteiger partial charge < -0.3 is 25.2 Å². The highest BCUT2D eigenvalue weighted by molar-refractivity contribution is 9.10. The Labute approximate surface area is 210 Å². The van der Waals surface area contributed by atoms with Gasteiger partial charge in [-0.2, -0.15) is 0 Å². The number of hydrogen-bond acceptors (Lipinski definition) is 4. The molecule has 8 heteroatoms. The molecule has 4 rings (SSSR count). The number of ether oxygens (including phenoxy) is 1. The molecule has 0 bridgehead atoms. The molecule has 34 heavy (non-hydrogen) atoms. The summed E-state index contributed by atoms with van der Waals surface area (Å²) in [6.45, 7) is 6.83. The summed E-state index contributed by atoms with van der Waals surface area (Å²) in [4.78, 5) is 30.3. The van der Waals surface area contributed by atoms with Crippen molar-refractivity contribution in [2.24, 2.45) is 0 Å². The lowest BCUT2D eigenvalue weighted by molar-refractivity contribution is -0.119. The molecule has 0 aliphatic carbocycles. The Hall–Kier alpha value is -2.42. The molecular weight excluding hydrogens is 496 g/mol. The molecule has 0 saturated carbocycles. The third-order valence-electron chi connectivity index (χ3n) is 6.79. The number of carbonyl (C=O) groups excluding carboxylic acids is 2. The van der Waals surface area contributed by atoms with Crippen molar-refractivity contribution in [1.29, 1.82) is 0 Å². The minimum Gasteiger partial charge on any atom is -0.380 e. The van der Waals surface area contributed by atoms with Gasteiger partial charge in [-0.25, -0.2) is 4.79 Å². The zero-order chi connectivity index (χ0) is 24.5. The first-order valence-corrected chi connectivity index (χ1v) is 12.4. The SMILES string of the molecule is COC1C[C@H](C(=O)Nc2ccc3c(c2)C(C)(C)CN(C)CC3)N(C(=O)Nc2ccc(Br)cc2)C1. The van der Waals surface area contributed by atoms with Crippen LogP contribution in [0.25, 0.3) is 0 Å². The first-order chi connectivity index (χ1) is 16.2. The molecule has 1 fully saturated rings. The average Bonchev–Trinajstić information content (AvgIpc) is 3.20. The van der Waals surface area contributed by atoms with Crippen molar-refractivity contribution in [3.05, 3.63) is 58.1 Å². The number of benzene rings is 2. The number of carbonyl (C=O) groups is 2. The molecule has 2 N–H and O–H groups in total. The highest BCUT2D eigenvalue weighted by atomic mass is 79.9. The van der Waals surface area contributed by atoms with Crippen LogP contribution in [-0.4, -0.2) is 67.7 Å². The van der Waals surface area contributed by atoms with Gasteiger partial charge in [-0.3, -0.25) is 4.79 Å². The quantitative estimate of drug-likeness (QED) is 0.613. The van der Waals surface area contributed by atoms with E-state index in [0.29, 0.717) is 18.7 Å². The van der Waals surface area contributed by atoms with Crippen LogP contribution in [0.5, 0.6) is 0 Å². The van der Waals surface area contributed by atoms with E-state index in [9.17, 15) is 9.59 Å². The van der Waals surface area contributed by atoms with Crippen molar-refractivity contribution in [1.82, 2.24) is 9.80 Å². The van der Waals surface area contributed by atoms with Crippen LogP contribution in [-0.2, 0) is 21.4 Å². The van der Waals surface area contributed by atoms with Gasteiger partial charge in [-0.15, -0.1) is 0 Å². The van der Waals surface area contributed by atoms with Crippen LogP contribution in [0.4, 0.5) is 16.2 Å². The number of nitrogens with zero attached hydrogens (tertiary/aromatic N) is 2. The molecule has 3 amide bonds. The minimum absolute atomic E-state index is 0.0214. The summed E-state index contributed by atoms with van der Waals surface area (Å²) >= 11 is 3.40. The Morgan fingerprint density at radius 2 is 1.79 bits per heavy atom. The fourth-order valence-corrected chi connectivity index (χ4v) is 5.31. The lowest BCUT2D eigenvalue weighted by atomic mass is 9.81. The number of nitrogens with one attached hydrogen (secondary N) is 2.